The fourth-order valence-electron chi connectivity index (χ4n) is 3.43. The number of nitro benzene ring substituents is 1. The molecule has 2 aromatic carbocycles. The summed E-state index contributed by atoms with van der Waals surface area (Å²) < 4.78 is 0. The van der Waals surface area contributed by atoms with Crippen LogP contribution in [0.5, 0.6) is 0 Å². The first-order chi connectivity index (χ1) is 11.1. The summed E-state index contributed by atoms with van der Waals surface area (Å²) in [7, 11) is 0. The van der Waals surface area contributed by atoms with E-state index in [1.54, 1.807) is 12.1 Å². The van der Waals surface area contributed by atoms with Gasteiger partial charge in [0.1, 0.15) is 0 Å². The lowest BCUT2D eigenvalue weighted by Gasteiger charge is -2.24. The quantitative estimate of drug-likeness (QED) is 0.695. The summed E-state index contributed by atoms with van der Waals surface area (Å²) in [6, 6.07) is 17.2. The Morgan fingerprint density at radius 1 is 1.13 bits per heavy atom. The number of nitrogens with two attached hydrogens (primary N) is 1. The van der Waals surface area contributed by atoms with E-state index in [0.29, 0.717) is 0 Å². The van der Waals surface area contributed by atoms with E-state index in [1.807, 2.05) is 37.3 Å². The van der Waals surface area contributed by atoms with Crippen LogP contribution in [0.3, 0.4) is 0 Å². The van der Waals surface area contributed by atoms with Crippen molar-refractivity contribution in [2.45, 2.75) is 24.9 Å². The predicted molar refractivity (Wildman–Crippen MR) is 90.2 cm³/mol. The first kappa shape index (κ1) is 15.6. The highest BCUT2D eigenvalue weighted by molar-refractivity contribution is 5.42. The van der Waals surface area contributed by atoms with Crippen LogP contribution in [0.15, 0.2) is 54.6 Å². The Hall–Kier alpha value is -2.24. The summed E-state index contributed by atoms with van der Waals surface area (Å²) in [5.41, 5.74) is 8.50. The predicted octanol–water partition coefficient (Wildman–Crippen LogP) is 3.08. The molecule has 0 radical (unpaired) electrons. The summed E-state index contributed by atoms with van der Waals surface area (Å²) in [6.07, 6.45) is 0. The van der Waals surface area contributed by atoms with Gasteiger partial charge in [-0.15, -0.1) is 0 Å². The van der Waals surface area contributed by atoms with Gasteiger partial charge in [0.25, 0.3) is 5.69 Å². The van der Waals surface area contributed by atoms with Gasteiger partial charge >= 0.3 is 0 Å². The van der Waals surface area contributed by atoms with E-state index in [0.717, 1.165) is 18.7 Å². The van der Waals surface area contributed by atoms with Crippen molar-refractivity contribution in [3.63, 3.8) is 0 Å². The zero-order valence-corrected chi connectivity index (χ0v) is 13.1. The number of para-hydroxylation sites is 1. The first-order valence-corrected chi connectivity index (χ1v) is 7.86. The molecule has 1 heterocycles. The molecule has 2 aromatic rings. The summed E-state index contributed by atoms with van der Waals surface area (Å²) in [5.74, 6) is 0.265. The van der Waals surface area contributed by atoms with Crippen molar-refractivity contribution in [2.75, 3.05) is 13.1 Å². The molecule has 1 aliphatic heterocycles. The Labute approximate surface area is 135 Å². The molecule has 5 heteroatoms. The molecule has 1 fully saturated rings. The van der Waals surface area contributed by atoms with E-state index in [-0.39, 0.29) is 28.6 Å². The maximum Gasteiger partial charge on any atom is 0.274 e. The van der Waals surface area contributed by atoms with E-state index >= 15 is 0 Å². The molecule has 5 nitrogen and oxygen atoms in total. The smallest absolute Gasteiger partial charge is 0.274 e. The Bertz CT molecular complexity index is 690. The molecule has 0 bridgehead atoms. The molecule has 1 aliphatic rings. The second-order valence-electron chi connectivity index (χ2n) is 6.13. The lowest BCUT2D eigenvalue weighted by molar-refractivity contribution is -0.385. The first-order valence-electron chi connectivity index (χ1n) is 7.86. The zero-order chi connectivity index (χ0) is 16.4. The van der Waals surface area contributed by atoms with Crippen LogP contribution >= 0.6 is 0 Å². The molecular formula is C18H21N3O2. The Morgan fingerprint density at radius 3 is 2.48 bits per heavy atom. The van der Waals surface area contributed by atoms with Gasteiger partial charge in [-0.1, -0.05) is 48.5 Å². The Kier molecular flexibility index (Phi) is 4.41. The standard InChI is InChI=1S/C18H21N3O2/c1-13(15-9-5-6-10-18(15)21(22)23)20-11-16(17(19)12-20)14-7-3-2-4-8-14/h2-10,13,16-17H,11-12,19H2,1H3/t13?,16-,17+/m0/s1. The van der Waals surface area contributed by atoms with Crippen molar-refractivity contribution in [3.8, 4) is 0 Å². The van der Waals surface area contributed by atoms with Crippen LogP contribution in [0.4, 0.5) is 5.69 Å². The summed E-state index contributed by atoms with van der Waals surface area (Å²) >= 11 is 0. The minimum atomic E-state index is -0.309. The topological polar surface area (TPSA) is 72.4 Å². The van der Waals surface area contributed by atoms with Gasteiger partial charge in [0.05, 0.1) is 4.92 Å². The fraction of sp³-hybridized carbons (Fsp3) is 0.333. The monoisotopic (exact) mass is 311 g/mol. The van der Waals surface area contributed by atoms with Crippen LogP contribution in [-0.2, 0) is 0 Å². The van der Waals surface area contributed by atoms with Crippen molar-refractivity contribution in [1.29, 1.82) is 0 Å². The van der Waals surface area contributed by atoms with Gasteiger partial charge in [0.15, 0.2) is 0 Å². The average molecular weight is 311 g/mol. The maximum atomic E-state index is 11.3. The zero-order valence-electron chi connectivity index (χ0n) is 13.1. The highest BCUT2D eigenvalue weighted by atomic mass is 16.6. The average Bonchev–Trinajstić information content (AvgIpc) is 2.97. The molecule has 0 amide bonds. The largest absolute Gasteiger partial charge is 0.326 e. The van der Waals surface area contributed by atoms with Crippen LogP contribution in [0.2, 0.25) is 0 Å². The third-order valence-corrected chi connectivity index (χ3v) is 4.75. The molecule has 0 spiro atoms. The normalized spacial score (nSPS) is 22.9. The van der Waals surface area contributed by atoms with E-state index in [4.69, 9.17) is 5.73 Å². The highest BCUT2D eigenvalue weighted by Gasteiger charge is 2.35. The lowest BCUT2D eigenvalue weighted by atomic mass is 9.95. The molecule has 120 valence electrons. The van der Waals surface area contributed by atoms with Crippen molar-refractivity contribution in [2.24, 2.45) is 5.73 Å². The van der Waals surface area contributed by atoms with Gasteiger partial charge in [0, 0.05) is 42.7 Å². The number of hydrogen-bond acceptors (Lipinski definition) is 4. The van der Waals surface area contributed by atoms with E-state index in [1.165, 1.54) is 5.56 Å². The van der Waals surface area contributed by atoms with Gasteiger partial charge in [-0.3, -0.25) is 15.0 Å². The highest BCUT2D eigenvalue weighted by Crippen LogP contribution is 2.35. The van der Waals surface area contributed by atoms with Gasteiger partial charge in [-0.25, -0.2) is 0 Å². The van der Waals surface area contributed by atoms with E-state index in [9.17, 15) is 10.1 Å². The number of rotatable bonds is 4. The Morgan fingerprint density at radius 2 is 1.78 bits per heavy atom. The van der Waals surface area contributed by atoms with Crippen LogP contribution < -0.4 is 5.73 Å². The molecule has 3 rings (SSSR count). The number of hydrogen-bond donors (Lipinski definition) is 1. The van der Waals surface area contributed by atoms with Gasteiger partial charge in [0.2, 0.25) is 0 Å². The number of likely N-dealkylation sites (tertiary alicyclic amines) is 1. The minimum absolute atomic E-state index is 0.0311. The molecule has 3 atom stereocenters. The number of nitro groups is 1. The summed E-state index contributed by atoms with van der Waals surface area (Å²) in [4.78, 5) is 13.2. The van der Waals surface area contributed by atoms with E-state index in [2.05, 4.69) is 17.0 Å². The molecule has 1 saturated heterocycles. The van der Waals surface area contributed by atoms with E-state index < -0.39 is 0 Å². The minimum Gasteiger partial charge on any atom is -0.326 e. The van der Waals surface area contributed by atoms with Crippen molar-refractivity contribution < 1.29 is 4.92 Å². The second kappa shape index (κ2) is 6.48. The maximum absolute atomic E-state index is 11.3. The van der Waals surface area contributed by atoms with Crippen molar-refractivity contribution >= 4 is 5.69 Å². The van der Waals surface area contributed by atoms with Gasteiger partial charge < -0.3 is 5.73 Å². The molecule has 1 unspecified atom stereocenters. The molecular weight excluding hydrogens is 290 g/mol. The Balaban J connectivity index is 1.82. The van der Waals surface area contributed by atoms with Gasteiger partial charge in [-0.2, -0.15) is 0 Å². The lowest BCUT2D eigenvalue weighted by Crippen LogP contribution is -2.30. The van der Waals surface area contributed by atoms with Crippen molar-refractivity contribution in [1.82, 2.24) is 4.90 Å². The molecule has 2 N–H and O–H groups in total. The molecule has 0 aromatic heterocycles. The van der Waals surface area contributed by atoms with Gasteiger partial charge in [-0.05, 0) is 12.5 Å². The number of benzene rings is 2. The van der Waals surface area contributed by atoms with Crippen LogP contribution in [0, 0.1) is 10.1 Å². The molecule has 0 saturated carbocycles. The third-order valence-electron chi connectivity index (χ3n) is 4.75. The molecule has 0 aliphatic carbocycles. The molecule has 23 heavy (non-hydrogen) atoms. The number of nitrogens with zero attached hydrogens (tertiary/aromatic N) is 2. The van der Waals surface area contributed by atoms with Crippen LogP contribution in [0.1, 0.15) is 30.0 Å². The van der Waals surface area contributed by atoms with Crippen LogP contribution in [-0.4, -0.2) is 29.0 Å². The SMILES string of the molecule is CC(c1ccccc1[N+](=O)[O-])N1C[C@@H](N)[C@H](c2ccccc2)C1. The van der Waals surface area contributed by atoms with Crippen molar-refractivity contribution in [3.05, 3.63) is 75.8 Å². The summed E-state index contributed by atoms with van der Waals surface area (Å²) in [6.45, 7) is 3.58. The summed E-state index contributed by atoms with van der Waals surface area (Å²) in [5, 5.41) is 11.3. The van der Waals surface area contributed by atoms with Crippen LogP contribution in [0.25, 0.3) is 0 Å². The third kappa shape index (κ3) is 3.11. The fourth-order valence-corrected chi connectivity index (χ4v) is 3.43. The second-order valence-corrected chi connectivity index (χ2v) is 6.13.